The van der Waals surface area contributed by atoms with Gasteiger partial charge in [0, 0.05) is 11.8 Å². The molecular formula is C15H17N. The average Bonchev–Trinajstić information content (AvgIpc) is 2.64. The van der Waals surface area contributed by atoms with E-state index in [2.05, 4.69) is 30.3 Å². The second-order valence-electron chi connectivity index (χ2n) is 5.30. The van der Waals surface area contributed by atoms with Gasteiger partial charge in [0.05, 0.1) is 6.07 Å². The van der Waals surface area contributed by atoms with Crippen LogP contribution < -0.4 is 0 Å². The molecule has 0 unspecified atom stereocenters. The van der Waals surface area contributed by atoms with Gasteiger partial charge in [0.1, 0.15) is 0 Å². The van der Waals surface area contributed by atoms with Crippen LogP contribution in [0.4, 0.5) is 0 Å². The van der Waals surface area contributed by atoms with Crippen LogP contribution >= 0.6 is 0 Å². The summed E-state index contributed by atoms with van der Waals surface area (Å²) in [7, 11) is 0. The Balaban J connectivity index is 2.10. The van der Waals surface area contributed by atoms with E-state index in [-0.39, 0.29) is 5.41 Å². The minimum atomic E-state index is 0.212. The second-order valence-corrected chi connectivity index (χ2v) is 5.30. The number of nitrogens with zero attached hydrogens (tertiary/aromatic N) is 1. The lowest BCUT2D eigenvalue weighted by molar-refractivity contribution is 0.208. The van der Waals surface area contributed by atoms with Gasteiger partial charge in [0.25, 0.3) is 0 Å². The van der Waals surface area contributed by atoms with Crippen molar-refractivity contribution in [2.24, 2.45) is 5.92 Å². The fourth-order valence-electron chi connectivity index (χ4n) is 3.88. The summed E-state index contributed by atoms with van der Waals surface area (Å²) in [6.07, 6.45) is 7.11. The highest BCUT2D eigenvalue weighted by Gasteiger charge is 2.47. The molecule has 0 saturated heterocycles. The summed E-state index contributed by atoms with van der Waals surface area (Å²) < 4.78 is 0. The van der Waals surface area contributed by atoms with E-state index in [1.54, 1.807) is 0 Å². The molecule has 0 aromatic heterocycles. The molecule has 16 heavy (non-hydrogen) atoms. The van der Waals surface area contributed by atoms with Crippen LogP contribution in [0.15, 0.2) is 24.3 Å². The quantitative estimate of drug-likeness (QED) is 0.696. The van der Waals surface area contributed by atoms with Gasteiger partial charge in [-0.3, -0.25) is 0 Å². The monoisotopic (exact) mass is 211 g/mol. The fraction of sp³-hybridized carbons (Fsp3) is 0.533. The zero-order valence-electron chi connectivity index (χ0n) is 9.58. The third-order valence-corrected chi connectivity index (χ3v) is 4.62. The Labute approximate surface area is 97.1 Å². The Morgan fingerprint density at radius 3 is 3.06 bits per heavy atom. The van der Waals surface area contributed by atoms with Crippen molar-refractivity contribution >= 4 is 0 Å². The number of fused-ring (bicyclic) bond motifs is 3. The van der Waals surface area contributed by atoms with Gasteiger partial charge in [0.2, 0.25) is 0 Å². The maximum atomic E-state index is 9.14. The summed E-state index contributed by atoms with van der Waals surface area (Å²) in [4.78, 5) is 0. The van der Waals surface area contributed by atoms with Crippen LogP contribution in [0.3, 0.4) is 0 Å². The predicted octanol–water partition coefficient (Wildman–Crippen LogP) is 3.58. The summed E-state index contributed by atoms with van der Waals surface area (Å²) in [5.41, 5.74) is 3.20. The van der Waals surface area contributed by atoms with Crippen molar-refractivity contribution in [1.82, 2.24) is 0 Å². The third-order valence-electron chi connectivity index (χ3n) is 4.62. The molecule has 0 spiro atoms. The topological polar surface area (TPSA) is 23.8 Å². The van der Waals surface area contributed by atoms with E-state index in [4.69, 9.17) is 5.26 Å². The van der Waals surface area contributed by atoms with E-state index in [1.165, 1.54) is 43.2 Å². The molecule has 0 bridgehead atoms. The molecule has 1 aromatic carbocycles. The van der Waals surface area contributed by atoms with Gasteiger partial charge >= 0.3 is 0 Å². The van der Waals surface area contributed by atoms with Crippen molar-refractivity contribution in [2.75, 3.05) is 0 Å². The molecule has 2 aliphatic carbocycles. The van der Waals surface area contributed by atoms with E-state index in [1.807, 2.05) is 0 Å². The molecule has 1 nitrogen and oxygen atoms in total. The number of nitriles is 1. The van der Waals surface area contributed by atoms with Gasteiger partial charge in [-0.05, 0) is 36.3 Å². The van der Waals surface area contributed by atoms with E-state index in [9.17, 15) is 0 Å². The minimum absolute atomic E-state index is 0.212. The van der Waals surface area contributed by atoms with Gasteiger partial charge in [-0.2, -0.15) is 5.26 Å². The van der Waals surface area contributed by atoms with Gasteiger partial charge in [-0.25, -0.2) is 0 Å². The van der Waals surface area contributed by atoms with Crippen LogP contribution in [-0.4, -0.2) is 0 Å². The Hall–Kier alpha value is -1.29. The molecule has 3 rings (SSSR count). The number of rotatable bonds is 1. The lowest BCUT2D eigenvalue weighted by atomic mass is 9.64. The van der Waals surface area contributed by atoms with Crippen molar-refractivity contribution < 1.29 is 0 Å². The van der Waals surface area contributed by atoms with Crippen molar-refractivity contribution in [3.05, 3.63) is 35.4 Å². The molecule has 2 atom stereocenters. The first-order valence-electron chi connectivity index (χ1n) is 6.32. The molecule has 1 aromatic rings. The average molecular weight is 211 g/mol. The van der Waals surface area contributed by atoms with Gasteiger partial charge < -0.3 is 0 Å². The second kappa shape index (κ2) is 3.63. The van der Waals surface area contributed by atoms with Gasteiger partial charge in [0.15, 0.2) is 0 Å². The molecule has 2 aliphatic rings. The third kappa shape index (κ3) is 1.23. The largest absolute Gasteiger partial charge is 0.198 e. The molecule has 1 saturated carbocycles. The van der Waals surface area contributed by atoms with Crippen molar-refractivity contribution in [2.45, 2.75) is 43.9 Å². The van der Waals surface area contributed by atoms with Gasteiger partial charge in [-0.1, -0.05) is 37.1 Å². The maximum absolute atomic E-state index is 9.14. The van der Waals surface area contributed by atoms with E-state index in [0.29, 0.717) is 6.42 Å². The normalized spacial score (nSPS) is 31.6. The summed E-state index contributed by atoms with van der Waals surface area (Å²) in [5.74, 6) is 0.735. The minimum Gasteiger partial charge on any atom is -0.198 e. The van der Waals surface area contributed by atoms with Crippen LogP contribution in [0.5, 0.6) is 0 Å². The Kier molecular flexibility index (Phi) is 2.24. The molecule has 0 aliphatic heterocycles. The van der Waals surface area contributed by atoms with Crippen LogP contribution in [0.1, 0.15) is 43.2 Å². The Morgan fingerprint density at radius 1 is 1.31 bits per heavy atom. The molecule has 0 amide bonds. The number of hydrogen-bond acceptors (Lipinski definition) is 1. The van der Waals surface area contributed by atoms with E-state index in [0.717, 1.165) is 5.92 Å². The lowest BCUT2D eigenvalue weighted by Crippen LogP contribution is -2.34. The molecule has 1 fully saturated rings. The predicted molar refractivity (Wildman–Crippen MR) is 64.0 cm³/mol. The first-order chi connectivity index (χ1) is 7.87. The molecular weight excluding hydrogens is 194 g/mol. The van der Waals surface area contributed by atoms with Crippen LogP contribution in [-0.2, 0) is 11.8 Å². The van der Waals surface area contributed by atoms with E-state index >= 15 is 0 Å². The number of hydrogen-bond donors (Lipinski definition) is 0. The fourth-order valence-corrected chi connectivity index (χ4v) is 3.88. The van der Waals surface area contributed by atoms with Crippen LogP contribution in [0, 0.1) is 17.2 Å². The first kappa shape index (κ1) is 9.90. The van der Waals surface area contributed by atoms with E-state index < -0.39 is 0 Å². The van der Waals surface area contributed by atoms with Crippen molar-refractivity contribution in [1.29, 1.82) is 5.26 Å². The molecule has 0 heterocycles. The number of benzene rings is 1. The Bertz CT molecular complexity index is 443. The van der Waals surface area contributed by atoms with Crippen molar-refractivity contribution in [3.8, 4) is 6.07 Å². The molecule has 0 radical (unpaired) electrons. The Morgan fingerprint density at radius 2 is 2.19 bits per heavy atom. The summed E-state index contributed by atoms with van der Waals surface area (Å²) in [5, 5.41) is 9.14. The lowest BCUT2D eigenvalue weighted by Gasteiger charge is -2.38. The summed E-state index contributed by atoms with van der Waals surface area (Å²) >= 11 is 0. The highest BCUT2D eigenvalue weighted by Crippen LogP contribution is 2.53. The van der Waals surface area contributed by atoms with Crippen molar-refractivity contribution in [3.63, 3.8) is 0 Å². The molecule has 82 valence electrons. The smallest absolute Gasteiger partial charge is 0.0631 e. The van der Waals surface area contributed by atoms with Crippen LogP contribution in [0.2, 0.25) is 0 Å². The van der Waals surface area contributed by atoms with Gasteiger partial charge in [-0.15, -0.1) is 0 Å². The summed E-state index contributed by atoms with van der Waals surface area (Å²) in [6, 6.07) is 11.2. The SMILES string of the molecule is N#CC[C@@]12CCCC[C@@H]1Cc1ccccc12. The zero-order valence-corrected chi connectivity index (χ0v) is 9.58. The zero-order chi connectivity index (χ0) is 11.0. The maximum Gasteiger partial charge on any atom is 0.0631 e. The summed E-state index contributed by atoms with van der Waals surface area (Å²) in [6.45, 7) is 0. The standard InChI is InChI=1S/C15H17N/c16-10-9-15-8-4-3-6-13(15)11-12-5-1-2-7-14(12)15/h1-2,5,7,13H,3-4,6,8-9,11H2/t13-,15+/m1/s1. The molecule has 0 N–H and O–H groups in total. The van der Waals surface area contributed by atoms with Crippen LogP contribution in [0.25, 0.3) is 0 Å². The highest BCUT2D eigenvalue weighted by atomic mass is 14.5. The molecule has 1 heteroatoms. The highest BCUT2D eigenvalue weighted by molar-refractivity contribution is 5.42. The first-order valence-corrected chi connectivity index (χ1v) is 6.32.